The van der Waals surface area contributed by atoms with Crippen molar-refractivity contribution in [2.75, 3.05) is 26.0 Å². The largest absolute Gasteiger partial charge is 0.385 e. The molecular weight excluding hydrogens is 436 g/mol. The number of aromatic nitrogens is 2. The van der Waals surface area contributed by atoms with E-state index in [4.69, 9.17) is 9.72 Å². The summed E-state index contributed by atoms with van der Waals surface area (Å²) in [6.07, 6.45) is 5.25. The Balaban J connectivity index is 1.73. The molecule has 168 valence electrons. The van der Waals surface area contributed by atoms with Gasteiger partial charge in [0.05, 0.1) is 11.1 Å². The first-order valence-corrected chi connectivity index (χ1v) is 12.1. The number of carbonyl (C=O) groups is 2. The quantitative estimate of drug-likeness (QED) is 0.256. The summed E-state index contributed by atoms with van der Waals surface area (Å²) in [6, 6.07) is -0.548. The zero-order valence-corrected chi connectivity index (χ0v) is 19.5. The molecule has 0 saturated heterocycles. The van der Waals surface area contributed by atoms with E-state index in [1.807, 2.05) is 0 Å². The minimum absolute atomic E-state index is 0.0251. The molecule has 0 aliphatic heterocycles. The van der Waals surface area contributed by atoms with Crippen LogP contribution < -0.4 is 16.2 Å². The number of thioether (sulfide) groups is 1. The van der Waals surface area contributed by atoms with E-state index in [0.29, 0.717) is 42.6 Å². The van der Waals surface area contributed by atoms with Crippen molar-refractivity contribution in [1.29, 1.82) is 0 Å². The first-order chi connectivity index (χ1) is 14.9. The summed E-state index contributed by atoms with van der Waals surface area (Å²) in [5, 5.41) is 6.06. The molecule has 0 aromatic carbocycles. The van der Waals surface area contributed by atoms with Crippen molar-refractivity contribution >= 4 is 45.3 Å². The van der Waals surface area contributed by atoms with Gasteiger partial charge in [-0.1, -0.05) is 24.8 Å². The average Bonchev–Trinajstić information content (AvgIpc) is 3.09. The molecule has 1 atom stereocenters. The average molecular weight is 465 g/mol. The van der Waals surface area contributed by atoms with Crippen LogP contribution in [0.3, 0.4) is 0 Å². The van der Waals surface area contributed by atoms with Crippen molar-refractivity contribution in [3.8, 4) is 0 Å². The van der Waals surface area contributed by atoms with Crippen LogP contribution in [0.1, 0.15) is 30.2 Å². The number of methoxy groups -OCH3 is 1. The smallest absolute Gasteiger partial charge is 0.321 e. The van der Waals surface area contributed by atoms with Crippen LogP contribution >= 0.6 is 23.1 Å². The molecular formula is C21H28N4O4S2. The minimum atomic E-state index is -0.548. The number of urea groups is 1. The van der Waals surface area contributed by atoms with E-state index in [1.165, 1.54) is 4.88 Å². The number of allylic oxidation sites excluding steroid dienone is 1. The third-order valence-corrected chi connectivity index (χ3v) is 7.21. The van der Waals surface area contributed by atoms with Gasteiger partial charge in [-0.3, -0.25) is 19.5 Å². The van der Waals surface area contributed by atoms with E-state index < -0.39 is 11.9 Å². The lowest BCUT2D eigenvalue weighted by Gasteiger charge is -2.17. The first-order valence-electron chi connectivity index (χ1n) is 10.3. The zero-order chi connectivity index (χ0) is 22.4. The number of carbonyl (C=O) groups excluding carboxylic acids is 2. The summed E-state index contributed by atoms with van der Waals surface area (Å²) in [6.45, 7) is 7.23. The Hall–Kier alpha value is -2.17. The third kappa shape index (κ3) is 5.75. The molecule has 31 heavy (non-hydrogen) atoms. The van der Waals surface area contributed by atoms with E-state index in [2.05, 4.69) is 24.1 Å². The van der Waals surface area contributed by atoms with E-state index in [-0.39, 0.29) is 11.3 Å². The van der Waals surface area contributed by atoms with E-state index in [0.717, 1.165) is 41.4 Å². The Morgan fingerprint density at radius 2 is 2.26 bits per heavy atom. The van der Waals surface area contributed by atoms with Crippen LogP contribution in [-0.2, 0) is 28.9 Å². The van der Waals surface area contributed by atoms with Crippen molar-refractivity contribution in [2.24, 2.45) is 5.92 Å². The van der Waals surface area contributed by atoms with Gasteiger partial charge in [0.15, 0.2) is 5.16 Å². The highest BCUT2D eigenvalue weighted by Gasteiger charge is 2.24. The number of nitrogens with one attached hydrogen (secondary N) is 2. The molecule has 0 spiro atoms. The lowest BCUT2D eigenvalue weighted by molar-refractivity contribution is -0.117. The topological polar surface area (TPSA) is 102 Å². The van der Waals surface area contributed by atoms with Gasteiger partial charge in [0, 0.05) is 31.7 Å². The number of nitrogens with zero attached hydrogens (tertiary/aromatic N) is 2. The number of imide groups is 1. The Morgan fingerprint density at radius 1 is 1.45 bits per heavy atom. The molecule has 1 aliphatic rings. The standard InChI is InChI=1S/C21H28N4O4S2/c1-4-9-25-19(27)17-14-7-6-13(2)11-15(14)31-18(17)24-21(25)30-12-16(26)23-20(28)22-8-5-10-29-3/h4,13H,1,5-12H2,2-3H3,(H2,22,23,26,28). The summed E-state index contributed by atoms with van der Waals surface area (Å²) in [4.78, 5) is 43.9. The van der Waals surface area contributed by atoms with E-state index in [9.17, 15) is 14.4 Å². The Bertz CT molecular complexity index is 1030. The molecule has 2 aromatic rings. The van der Waals surface area contributed by atoms with Crippen LogP contribution in [0.5, 0.6) is 0 Å². The fraction of sp³-hybridized carbons (Fsp3) is 0.524. The summed E-state index contributed by atoms with van der Waals surface area (Å²) in [7, 11) is 1.59. The lowest BCUT2D eigenvalue weighted by atomic mass is 9.89. The highest BCUT2D eigenvalue weighted by atomic mass is 32.2. The van der Waals surface area contributed by atoms with Gasteiger partial charge in [-0.25, -0.2) is 9.78 Å². The van der Waals surface area contributed by atoms with Gasteiger partial charge in [0.2, 0.25) is 5.91 Å². The highest BCUT2D eigenvalue weighted by molar-refractivity contribution is 7.99. The van der Waals surface area contributed by atoms with Crippen molar-refractivity contribution < 1.29 is 14.3 Å². The van der Waals surface area contributed by atoms with Crippen LogP contribution in [0, 0.1) is 5.92 Å². The number of aryl methyl sites for hydroxylation is 1. The molecule has 3 rings (SSSR count). The summed E-state index contributed by atoms with van der Waals surface area (Å²) in [5.41, 5.74) is 1.04. The van der Waals surface area contributed by atoms with Gasteiger partial charge in [-0.15, -0.1) is 17.9 Å². The number of fused-ring (bicyclic) bond motifs is 3. The van der Waals surface area contributed by atoms with Gasteiger partial charge in [0.1, 0.15) is 4.83 Å². The normalized spacial score (nSPS) is 15.5. The van der Waals surface area contributed by atoms with Gasteiger partial charge in [0.25, 0.3) is 5.56 Å². The van der Waals surface area contributed by atoms with Crippen LogP contribution in [0.15, 0.2) is 22.6 Å². The molecule has 3 amide bonds. The number of ether oxygens (including phenoxy) is 1. The summed E-state index contributed by atoms with van der Waals surface area (Å²) < 4.78 is 6.47. The van der Waals surface area contributed by atoms with Crippen molar-refractivity contribution in [3.05, 3.63) is 33.4 Å². The Morgan fingerprint density at radius 3 is 3.00 bits per heavy atom. The maximum atomic E-state index is 13.2. The second-order valence-electron chi connectivity index (χ2n) is 7.57. The van der Waals surface area contributed by atoms with Gasteiger partial charge < -0.3 is 10.1 Å². The number of hydrogen-bond acceptors (Lipinski definition) is 7. The molecule has 2 aromatic heterocycles. The second kappa shape index (κ2) is 10.9. The number of hydrogen-bond donors (Lipinski definition) is 2. The molecule has 8 nitrogen and oxygen atoms in total. The summed E-state index contributed by atoms with van der Waals surface area (Å²) >= 11 is 2.72. The zero-order valence-electron chi connectivity index (χ0n) is 17.9. The lowest BCUT2D eigenvalue weighted by Crippen LogP contribution is -2.41. The molecule has 0 bridgehead atoms. The molecule has 1 aliphatic carbocycles. The molecule has 2 N–H and O–H groups in total. The molecule has 10 heteroatoms. The van der Waals surface area contributed by atoms with Crippen molar-refractivity contribution in [1.82, 2.24) is 20.2 Å². The first kappa shape index (κ1) is 23.5. The Kier molecular flexibility index (Phi) is 8.28. The van der Waals surface area contributed by atoms with Crippen LogP contribution in [0.25, 0.3) is 10.2 Å². The fourth-order valence-electron chi connectivity index (χ4n) is 3.56. The molecule has 2 heterocycles. The SMILES string of the molecule is C=CCn1c(SCC(=O)NC(=O)NCCCOC)nc2sc3c(c2c1=O)CCC(C)C3. The monoisotopic (exact) mass is 464 g/mol. The van der Waals surface area contributed by atoms with Gasteiger partial charge >= 0.3 is 6.03 Å². The second-order valence-corrected chi connectivity index (χ2v) is 9.60. The maximum Gasteiger partial charge on any atom is 0.321 e. The predicted octanol–water partition coefficient (Wildman–Crippen LogP) is 2.72. The van der Waals surface area contributed by atoms with Crippen LogP contribution in [0.2, 0.25) is 0 Å². The molecule has 0 fully saturated rings. The van der Waals surface area contributed by atoms with Gasteiger partial charge in [-0.2, -0.15) is 0 Å². The van der Waals surface area contributed by atoms with Crippen molar-refractivity contribution in [3.63, 3.8) is 0 Å². The molecule has 0 radical (unpaired) electrons. The fourth-order valence-corrected chi connectivity index (χ4v) is 5.79. The number of amides is 3. The number of rotatable bonds is 9. The maximum absolute atomic E-state index is 13.2. The van der Waals surface area contributed by atoms with Crippen LogP contribution in [0.4, 0.5) is 4.79 Å². The summed E-state index contributed by atoms with van der Waals surface area (Å²) in [5.74, 6) is 0.130. The number of thiophene rings is 1. The molecule has 0 saturated carbocycles. The minimum Gasteiger partial charge on any atom is -0.385 e. The Labute approximate surface area is 189 Å². The van der Waals surface area contributed by atoms with E-state index in [1.54, 1.807) is 29.1 Å². The van der Waals surface area contributed by atoms with Crippen molar-refractivity contribution in [2.45, 2.75) is 44.3 Å². The van der Waals surface area contributed by atoms with E-state index >= 15 is 0 Å². The third-order valence-electron chi connectivity index (χ3n) is 5.09. The predicted molar refractivity (Wildman–Crippen MR) is 124 cm³/mol. The van der Waals surface area contributed by atoms with Crippen LogP contribution in [-0.4, -0.2) is 47.5 Å². The highest BCUT2D eigenvalue weighted by Crippen LogP contribution is 2.36. The molecule has 1 unspecified atom stereocenters. The van der Waals surface area contributed by atoms with Gasteiger partial charge in [-0.05, 0) is 37.2 Å².